The Morgan fingerprint density at radius 1 is 1.20 bits per heavy atom. The lowest BCUT2D eigenvalue weighted by atomic mass is 10.1. The smallest absolute Gasteiger partial charge is 0.382 e. The predicted molar refractivity (Wildman–Crippen MR) is 46.3 cm³/mol. The van der Waals surface area contributed by atoms with Gasteiger partial charge in [-0.2, -0.15) is 18.3 Å². The maximum atomic E-state index is 12.8. The van der Waals surface area contributed by atoms with Gasteiger partial charge in [0.1, 0.15) is 11.7 Å². The molecule has 0 saturated heterocycles. The van der Waals surface area contributed by atoms with Crippen LogP contribution in [0.1, 0.15) is 11.1 Å². The van der Waals surface area contributed by atoms with E-state index in [1.807, 2.05) is 0 Å². The molecule has 1 aromatic carbocycles. The van der Waals surface area contributed by atoms with Gasteiger partial charge in [0.05, 0.1) is 5.56 Å². The van der Waals surface area contributed by atoms with Gasteiger partial charge >= 0.3 is 6.18 Å². The number of halogens is 4. The fourth-order valence-electron chi connectivity index (χ4n) is 0.976. The molecule has 0 aliphatic heterocycles. The molecule has 0 aliphatic rings. The van der Waals surface area contributed by atoms with Crippen LogP contribution >= 0.6 is 0 Å². The van der Waals surface area contributed by atoms with E-state index < -0.39 is 17.6 Å². The third kappa shape index (κ3) is 2.58. The molecule has 4 N–H and O–H groups in total. The van der Waals surface area contributed by atoms with Crippen LogP contribution in [0.25, 0.3) is 0 Å². The maximum absolute atomic E-state index is 12.8. The molecule has 0 spiro atoms. The molecular formula is C8H7F4N3. The van der Waals surface area contributed by atoms with E-state index in [-0.39, 0.29) is 11.4 Å². The van der Waals surface area contributed by atoms with Crippen LogP contribution in [-0.4, -0.2) is 5.84 Å². The van der Waals surface area contributed by atoms with Crippen molar-refractivity contribution in [3.8, 4) is 0 Å². The monoisotopic (exact) mass is 221 g/mol. The van der Waals surface area contributed by atoms with Gasteiger partial charge in [-0.05, 0) is 18.2 Å². The number of hydrazone groups is 1. The summed E-state index contributed by atoms with van der Waals surface area (Å²) in [6.07, 6.45) is -4.63. The van der Waals surface area contributed by atoms with Crippen molar-refractivity contribution in [2.75, 3.05) is 0 Å². The molecular weight excluding hydrogens is 214 g/mol. The molecule has 1 aromatic rings. The van der Waals surface area contributed by atoms with Crippen molar-refractivity contribution < 1.29 is 17.6 Å². The normalized spacial score (nSPS) is 12.9. The third-order valence-corrected chi connectivity index (χ3v) is 1.66. The minimum atomic E-state index is -4.63. The number of alkyl halides is 3. The molecule has 0 aromatic heterocycles. The first-order valence-electron chi connectivity index (χ1n) is 3.76. The fourth-order valence-corrected chi connectivity index (χ4v) is 0.976. The summed E-state index contributed by atoms with van der Waals surface area (Å²) in [5.74, 6) is 3.36. The van der Waals surface area contributed by atoms with Crippen molar-refractivity contribution in [2.24, 2.45) is 16.7 Å². The summed E-state index contributed by atoms with van der Waals surface area (Å²) in [5.41, 5.74) is 3.83. The van der Waals surface area contributed by atoms with Gasteiger partial charge in [-0.15, -0.1) is 0 Å². The van der Waals surface area contributed by atoms with E-state index >= 15 is 0 Å². The SMILES string of the molecule is N/N=C(/N)c1cc(F)cc(C(F)(F)F)c1. The van der Waals surface area contributed by atoms with Gasteiger partial charge in [-0.3, -0.25) is 0 Å². The minimum Gasteiger partial charge on any atom is -0.382 e. The highest BCUT2D eigenvalue weighted by atomic mass is 19.4. The second kappa shape index (κ2) is 3.76. The van der Waals surface area contributed by atoms with Gasteiger partial charge in [0, 0.05) is 5.56 Å². The topological polar surface area (TPSA) is 64.4 Å². The zero-order valence-corrected chi connectivity index (χ0v) is 7.35. The van der Waals surface area contributed by atoms with Crippen molar-refractivity contribution in [1.29, 1.82) is 0 Å². The summed E-state index contributed by atoms with van der Waals surface area (Å²) in [6.45, 7) is 0. The molecule has 82 valence electrons. The average molecular weight is 221 g/mol. The summed E-state index contributed by atoms with van der Waals surface area (Å²) < 4.78 is 49.5. The highest BCUT2D eigenvalue weighted by Crippen LogP contribution is 2.30. The average Bonchev–Trinajstić information content (AvgIpc) is 2.14. The molecule has 0 amide bonds. The predicted octanol–water partition coefficient (Wildman–Crippen LogP) is 1.42. The summed E-state index contributed by atoms with van der Waals surface area (Å²) in [6, 6.07) is 1.86. The Balaban J connectivity index is 3.29. The van der Waals surface area contributed by atoms with Crippen LogP contribution in [0.5, 0.6) is 0 Å². The van der Waals surface area contributed by atoms with Gasteiger partial charge in [0.25, 0.3) is 0 Å². The highest BCUT2D eigenvalue weighted by Gasteiger charge is 2.31. The largest absolute Gasteiger partial charge is 0.416 e. The van der Waals surface area contributed by atoms with E-state index in [2.05, 4.69) is 5.10 Å². The van der Waals surface area contributed by atoms with E-state index in [1.54, 1.807) is 0 Å². The molecule has 0 radical (unpaired) electrons. The second-order valence-electron chi connectivity index (χ2n) is 2.74. The zero-order valence-electron chi connectivity index (χ0n) is 7.35. The van der Waals surface area contributed by atoms with Crippen LogP contribution in [0.2, 0.25) is 0 Å². The Morgan fingerprint density at radius 2 is 1.80 bits per heavy atom. The quantitative estimate of drug-likeness (QED) is 0.247. The minimum absolute atomic E-state index is 0.204. The van der Waals surface area contributed by atoms with E-state index in [0.29, 0.717) is 12.1 Å². The molecule has 0 saturated carbocycles. The third-order valence-electron chi connectivity index (χ3n) is 1.66. The van der Waals surface area contributed by atoms with Crippen LogP contribution in [0.3, 0.4) is 0 Å². The Hall–Kier alpha value is -1.79. The molecule has 1 rings (SSSR count). The van der Waals surface area contributed by atoms with Crippen molar-refractivity contribution in [2.45, 2.75) is 6.18 Å². The fraction of sp³-hybridized carbons (Fsp3) is 0.125. The van der Waals surface area contributed by atoms with Crippen molar-refractivity contribution in [3.63, 3.8) is 0 Å². The first-order chi connectivity index (χ1) is 6.84. The van der Waals surface area contributed by atoms with Gasteiger partial charge in [-0.25, -0.2) is 4.39 Å². The molecule has 7 heteroatoms. The van der Waals surface area contributed by atoms with Crippen LogP contribution in [0, 0.1) is 5.82 Å². The van der Waals surface area contributed by atoms with Crippen LogP contribution in [-0.2, 0) is 6.18 Å². The number of rotatable bonds is 1. The molecule has 15 heavy (non-hydrogen) atoms. The van der Waals surface area contributed by atoms with Gasteiger partial charge in [0.2, 0.25) is 0 Å². The molecule has 0 heterocycles. The molecule has 0 atom stereocenters. The van der Waals surface area contributed by atoms with Crippen LogP contribution in [0.4, 0.5) is 17.6 Å². The summed E-state index contributed by atoms with van der Waals surface area (Å²) in [5, 5.41) is 2.98. The number of hydrogen-bond donors (Lipinski definition) is 2. The number of nitrogens with two attached hydrogens (primary N) is 2. The van der Waals surface area contributed by atoms with Gasteiger partial charge in [-0.1, -0.05) is 0 Å². The van der Waals surface area contributed by atoms with E-state index in [4.69, 9.17) is 11.6 Å². The van der Waals surface area contributed by atoms with E-state index in [1.165, 1.54) is 0 Å². The molecule has 0 bridgehead atoms. The summed E-state index contributed by atoms with van der Waals surface area (Å²) in [7, 11) is 0. The number of amidine groups is 1. The first kappa shape index (κ1) is 11.3. The summed E-state index contributed by atoms with van der Waals surface area (Å²) in [4.78, 5) is 0. The van der Waals surface area contributed by atoms with Crippen LogP contribution < -0.4 is 11.6 Å². The maximum Gasteiger partial charge on any atom is 0.416 e. The molecule has 3 nitrogen and oxygen atoms in total. The Labute approximate surface area is 82.4 Å². The Morgan fingerprint density at radius 3 is 2.27 bits per heavy atom. The standard InChI is InChI=1S/C8H7F4N3/c9-6-2-4(7(13)15-14)1-5(3-6)8(10,11)12/h1-3H,14H2,(H2,13,15). The molecule has 0 fully saturated rings. The number of nitrogens with zero attached hydrogens (tertiary/aromatic N) is 1. The Kier molecular flexibility index (Phi) is 2.83. The van der Waals surface area contributed by atoms with E-state index in [0.717, 1.165) is 6.07 Å². The zero-order chi connectivity index (χ0) is 11.6. The Bertz CT molecular complexity index is 397. The van der Waals surface area contributed by atoms with Crippen LogP contribution in [0.15, 0.2) is 23.3 Å². The van der Waals surface area contributed by atoms with Crippen molar-refractivity contribution >= 4 is 5.84 Å². The van der Waals surface area contributed by atoms with Crippen molar-refractivity contribution in [3.05, 3.63) is 35.1 Å². The van der Waals surface area contributed by atoms with Gasteiger partial charge < -0.3 is 11.6 Å². The lowest BCUT2D eigenvalue weighted by molar-refractivity contribution is -0.137. The summed E-state index contributed by atoms with van der Waals surface area (Å²) >= 11 is 0. The molecule has 0 unspecified atom stereocenters. The second-order valence-corrected chi connectivity index (χ2v) is 2.74. The molecule has 0 aliphatic carbocycles. The lowest BCUT2D eigenvalue weighted by Crippen LogP contribution is -2.17. The van der Waals surface area contributed by atoms with Crippen molar-refractivity contribution in [1.82, 2.24) is 0 Å². The van der Waals surface area contributed by atoms with Gasteiger partial charge in [0.15, 0.2) is 0 Å². The van der Waals surface area contributed by atoms with E-state index in [9.17, 15) is 17.6 Å². The highest BCUT2D eigenvalue weighted by molar-refractivity contribution is 5.97. The lowest BCUT2D eigenvalue weighted by Gasteiger charge is -2.08. The number of benzene rings is 1. The first-order valence-corrected chi connectivity index (χ1v) is 3.76. The number of hydrogen-bond acceptors (Lipinski definition) is 2.